The van der Waals surface area contributed by atoms with E-state index >= 15 is 0 Å². The summed E-state index contributed by atoms with van der Waals surface area (Å²) in [4.78, 5) is 17.1. The van der Waals surface area contributed by atoms with Crippen LogP contribution in [-0.2, 0) is 0 Å². The van der Waals surface area contributed by atoms with E-state index in [-0.39, 0.29) is 10.6 Å². The maximum absolute atomic E-state index is 10.9. The SMILES string of the molecule is CCCN(CC1CCCNC1)c1cc(C)c([N+](=O)[O-])cn1. The molecule has 1 aromatic heterocycles. The first-order valence-electron chi connectivity index (χ1n) is 7.68. The topological polar surface area (TPSA) is 71.3 Å². The average Bonchev–Trinajstić information content (AvgIpc) is 2.47. The van der Waals surface area contributed by atoms with Crippen LogP contribution in [0.5, 0.6) is 0 Å². The number of hydrogen-bond donors (Lipinski definition) is 1. The van der Waals surface area contributed by atoms with Crippen molar-refractivity contribution in [3.8, 4) is 0 Å². The molecule has 1 aromatic rings. The van der Waals surface area contributed by atoms with E-state index in [9.17, 15) is 10.1 Å². The summed E-state index contributed by atoms with van der Waals surface area (Å²) in [5.74, 6) is 1.48. The highest BCUT2D eigenvalue weighted by atomic mass is 16.6. The monoisotopic (exact) mass is 292 g/mol. The van der Waals surface area contributed by atoms with Gasteiger partial charge in [-0.1, -0.05) is 6.92 Å². The summed E-state index contributed by atoms with van der Waals surface area (Å²) >= 11 is 0. The van der Waals surface area contributed by atoms with Crippen LogP contribution < -0.4 is 10.2 Å². The van der Waals surface area contributed by atoms with Gasteiger partial charge < -0.3 is 10.2 Å². The molecule has 0 aromatic carbocycles. The summed E-state index contributed by atoms with van der Waals surface area (Å²) in [5, 5.41) is 14.3. The zero-order valence-electron chi connectivity index (χ0n) is 12.8. The number of aryl methyl sites for hydroxylation is 1. The molecule has 21 heavy (non-hydrogen) atoms. The summed E-state index contributed by atoms with van der Waals surface area (Å²) < 4.78 is 0. The zero-order valence-corrected chi connectivity index (χ0v) is 12.8. The number of nitrogens with zero attached hydrogens (tertiary/aromatic N) is 3. The number of anilines is 1. The Hall–Kier alpha value is -1.69. The molecule has 1 fully saturated rings. The molecule has 0 bridgehead atoms. The minimum Gasteiger partial charge on any atom is -0.356 e. The van der Waals surface area contributed by atoms with Crippen molar-refractivity contribution in [3.05, 3.63) is 27.9 Å². The van der Waals surface area contributed by atoms with Gasteiger partial charge in [0.2, 0.25) is 0 Å². The predicted octanol–water partition coefficient (Wildman–Crippen LogP) is 2.51. The number of nitrogens with one attached hydrogen (secondary N) is 1. The Morgan fingerprint density at radius 2 is 2.38 bits per heavy atom. The van der Waals surface area contributed by atoms with Crippen LogP contribution in [0.4, 0.5) is 11.5 Å². The molecule has 2 heterocycles. The van der Waals surface area contributed by atoms with Crippen molar-refractivity contribution in [2.45, 2.75) is 33.1 Å². The van der Waals surface area contributed by atoms with Gasteiger partial charge in [0, 0.05) is 18.7 Å². The van der Waals surface area contributed by atoms with Gasteiger partial charge in [0.15, 0.2) is 0 Å². The number of nitro groups is 1. The molecule has 0 amide bonds. The second-order valence-corrected chi connectivity index (χ2v) is 5.74. The highest BCUT2D eigenvalue weighted by Crippen LogP contribution is 2.23. The van der Waals surface area contributed by atoms with Gasteiger partial charge in [-0.15, -0.1) is 0 Å². The Balaban J connectivity index is 2.13. The van der Waals surface area contributed by atoms with E-state index < -0.39 is 0 Å². The lowest BCUT2D eigenvalue weighted by atomic mass is 9.99. The van der Waals surface area contributed by atoms with Crippen LogP contribution in [0.15, 0.2) is 12.3 Å². The standard InChI is InChI=1S/C15H24N4O2/c1-3-7-18(11-13-5-4-6-16-9-13)15-8-12(2)14(10-17-15)19(20)21/h8,10,13,16H,3-7,9,11H2,1-2H3. The number of piperidine rings is 1. The first-order chi connectivity index (χ1) is 10.1. The largest absolute Gasteiger partial charge is 0.356 e. The molecular weight excluding hydrogens is 268 g/mol. The van der Waals surface area contributed by atoms with E-state index in [1.165, 1.54) is 19.0 Å². The van der Waals surface area contributed by atoms with Crippen molar-refractivity contribution in [3.63, 3.8) is 0 Å². The molecular formula is C15H24N4O2. The minimum absolute atomic E-state index is 0.0922. The van der Waals surface area contributed by atoms with Crippen LogP contribution in [-0.4, -0.2) is 36.1 Å². The van der Waals surface area contributed by atoms with Crippen LogP contribution in [0.3, 0.4) is 0 Å². The Kier molecular flexibility index (Phi) is 5.50. The number of pyridine rings is 1. The molecule has 0 aliphatic carbocycles. The van der Waals surface area contributed by atoms with E-state index in [1.54, 1.807) is 6.92 Å². The van der Waals surface area contributed by atoms with Gasteiger partial charge >= 0.3 is 0 Å². The lowest BCUT2D eigenvalue weighted by Gasteiger charge is -2.31. The van der Waals surface area contributed by atoms with Gasteiger partial charge in [-0.3, -0.25) is 10.1 Å². The molecule has 2 rings (SSSR count). The fraction of sp³-hybridized carbons (Fsp3) is 0.667. The van der Waals surface area contributed by atoms with Crippen molar-refractivity contribution in [1.82, 2.24) is 10.3 Å². The van der Waals surface area contributed by atoms with E-state index in [2.05, 4.69) is 22.1 Å². The summed E-state index contributed by atoms with van der Waals surface area (Å²) in [6, 6.07) is 1.84. The fourth-order valence-corrected chi connectivity index (χ4v) is 2.86. The number of rotatable bonds is 6. The van der Waals surface area contributed by atoms with Crippen molar-refractivity contribution < 1.29 is 4.92 Å². The predicted molar refractivity (Wildman–Crippen MR) is 83.7 cm³/mol. The molecule has 1 aliphatic heterocycles. The van der Waals surface area contributed by atoms with Crippen LogP contribution in [0.1, 0.15) is 31.7 Å². The van der Waals surface area contributed by atoms with Gasteiger partial charge in [0.05, 0.1) is 4.92 Å². The lowest BCUT2D eigenvalue weighted by molar-refractivity contribution is -0.385. The van der Waals surface area contributed by atoms with Gasteiger partial charge in [0.1, 0.15) is 12.0 Å². The molecule has 1 aliphatic rings. The summed E-state index contributed by atoms with van der Waals surface area (Å²) in [5.41, 5.74) is 0.766. The van der Waals surface area contributed by atoms with E-state index in [4.69, 9.17) is 0 Å². The Morgan fingerprint density at radius 1 is 1.57 bits per heavy atom. The third kappa shape index (κ3) is 4.14. The highest BCUT2D eigenvalue weighted by Gasteiger charge is 2.19. The maximum Gasteiger partial charge on any atom is 0.290 e. The summed E-state index contributed by atoms with van der Waals surface area (Å²) in [6.07, 6.45) is 4.88. The quantitative estimate of drug-likeness (QED) is 0.644. The molecule has 1 N–H and O–H groups in total. The van der Waals surface area contributed by atoms with Gasteiger partial charge in [-0.25, -0.2) is 4.98 Å². The zero-order chi connectivity index (χ0) is 15.2. The number of hydrogen-bond acceptors (Lipinski definition) is 5. The van der Waals surface area contributed by atoms with Crippen LogP contribution in [0.25, 0.3) is 0 Å². The number of aromatic nitrogens is 1. The van der Waals surface area contributed by atoms with E-state index in [1.807, 2.05) is 6.07 Å². The average molecular weight is 292 g/mol. The molecule has 1 unspecified atom stereocenters. The molecule has 0 spiro atoms. The smallest absolute Gasteiger partial charge is 0.290 e. The van der Waals surface area contributed by atoms with E-state index in [0.717, 1.165) is 38.4 Å². The minimum atomic E-state index is -0.374. The Labute approximate surface area is 125 Å². The summed E-state index contributed by atoms with van der Waals surface area (Å²) in [6.45, 7) is 7.97. The first kappa shape index (κ1) is 15.7. The van der Waals surface area contributed by atoms with E-state index in [0.29, 0.717) is 11.5 Å². The molecule has 116 valence electrons. The van der Waals surface area contributed by atoms with Crippen LogP contribution >= 0.6 is 0 Å². The van der Waals surface area contributed by atoms with Gasteiger partial charge in [0.25, 0.3) is 5.69 Å². The molecule has 1 saturated heterocycles. The second-order valence-electron chi connectivity index (χ2n) is 5.74. The van der Waals surface area contributed by atoms with Gasteiger partial charge in [-0.2, -0.15) is 0 Å². The third-order valence-electron chi connectivity index (χ3n) is 3.96. The van der Waals surface area contributed by atoms with Crippen LogP contribution in [0.2, 0.25) is 0 Å². The fourth-order valence-electron chi connectivity index (χ4n) is 2.86. The van der Waals surface area contributed by atoms with Crippen molar-refractivity contribution >= 4 is 11.5 Å². The van der Waals surface area contributed by atoms with Crippen LogP contribution in [0, 0.1) is 23.0 Å². The third-order valence-corrected chi connectivity index (χ3v) is 3.96. The summed E-state index contributed by atoms with van der Waals surface area (Å²) in [7, 11) is 0. The molecule has 6 heteroatoms. The van der Waals surface area contributed by atoms with Crippen molar-refractivity contribution in [1.29, 1.82) is 0 Å². The Bertz CT molecular complexity index is 487. The normalized spacial score (nSPS) is 18.5. The second kappa shape index (κ2) is 7.36. The lowest BCUT2D eigenvalue weighted by Crippen LogP contribution is -2.39. The molecule has 6 nitrogen and oxygen atoms in total. The maximum atomic E-state index is 10.9. The van der Waals surface area contributed by atoms with Crippen molar-refractivity contribution in [2.24, 2.45) is 5.92 Å². The first-order valence-corrected chi connectivity index (χ1v) is 7.68. The van der Waals surface area contributed by atoms with Gasteiger partial charge in [-0.05, 0) is 51.3 Å². The Morgan fingerprint density at radius 3 is 2.95 bits per heavy atom. The molecule has 0 radical (unpaired) electrons. The molecule has 1 atom stereocenters. The van der Waals surface area contributed by atoms with Crippen molar-refractivity contribution in [2.75, 3.05) is 31.1 Å². The molecule has 0 saturated carbocycles. The highest BCUT2D eigenvalue weighted by molar-refractivity contribution is 5.48.